The number of ether oxygens (including phenoxy) is 2. The van der Waals surface area contributed by atoms with Gasteiger partial charge in [-0.2, -0.15) is 0 Å². The lowest BCUT2D eigenvalue weighted by molar-refractivity contribution is 0.0995. The van der Waals surface area contributed by atoms with Crippen LogP contribution in [-0.2, 0) is 0 Å². The van der Waals surface area contributed by atoms with Crippen molar-refractivity contribution in [3.05, 3.63) is 17.7 Å². The molecule has 1 aromatic carbocycles. The minimum absolute atomic E-state index is 0.0963. The molecule has 5 nitrogen and oxygen atoms in total. The summed E-state index contributed by atoms with van der Waals surface area (Å²) >= 11 is 0. The van der Waals surface area contributed by atoms with Crippen molar-refractivity contribution in [3.8, 4) is 11.5 Å². The first-order valence-electron chi connectivity index (χ1n) is 3.67. The molecule has 4 N–H and O–H groups in total. The van der Waals surface area contributed by atoms with Gasteiger partial charge in [0.1, 0.15) is 0 Å². The van der Waals surface area contributed by atoms with Crippen LogP contribution in [0.4, 0.5) is 5.69 Å². The second kappa shape index (κ2) is 2.55. The van der Waals surface area contributed by atoms with Crippen LogP contribution in [0.2, 0.25) is 0 Å². The zero-order valence-electron chi connectivity index (χ0n) is 6.74. The van der Waals surface area contributed by atoms with Crippen molar-refractivity contribution in [3.63, 3.8) is 0 Å². The molecule has 0 aliphatic carbocycles. The Bertz CT molecular complexity index is 376. The van der Waals surface area contributed by atoms with Crippen LogP contribution in [0.1, 0.15) is 10.4 Å². The number of nitrogens with two attached hydrogens (primary N) is 2. The highest BCUT2D eigenvalue weighted by Crippen LogP contribution is 2.37. The SMILES string of the molecule is NC(=O)c1cc(N)cc2c1OCO2. The van der Waals surface area contributed by atoms with Gasteiger partial charge in [0.05, 0.1) is 5.56 Å². The van der Waals surface area contributed by atoms with E-state index in [-0.39, 0.29) is 12.4 Å². The predicted molar refractivity (Wildman–Crippen MR) is 45.5 cm³/mol. The maximum absolute atomic E-state index is 10.9. The molecule has 1 heterocycles. The van der Waals surface area contributed by atoms with Gasteiger partial charge >= 0.3 is 0 Å². The summed E-state index contributed by atoms with van der Waals surface area (Å²) in [5.41, 5.74) is 11.3. The van der Waals surface area contributed by atoms with Crippen molar-refractivity contribution in [1.29, 1.82) is 0 Å². The molecular weight excluding hydrogens is 172 g/mol. The van der Waals surface area contributed by atoms with E-state index in [4.69, 9.17) is 20.9 Å². The molecule has 1 aliphatic heterocycles. The summed E-state index contributed by atoms with van der Waals surface area (Å²) in [4.78, 5) is 10.9. The van der Waals surface area contributed by atoms with Crippen LogP contribution in [0.15, 0.2) is 12.1 Å². The van der Waals surface area contributed by atoms with Gasteiger partial charge in [-0.1, -0.05) is 0 Å². The second-order valence-electron chi connectivity index (χ2n) is 2.67. The summed E-state index contributed by atoms with van der Waals surface area (Å²) < 4.78 is 10.1. The van der Waals surface area contributed by atoms with E-state index in [1.807, 2.05) is 0 Å². The first-order valence-corrected chi connectivity index (χ1v) is 3.67. The summed E-state index contributed by atoms with van der Waals surface area (Å²) in [5, 5.41) is 0. The predicted octanol–water partition coefficient (Wildman–Crippen LogP) is 0.0964. The van der Waals surface area contributed by atoms with Crippen LogP contribution in [0.25, 0.3) is 0 Å². The minimum Gasteiger partial charge on any atom is -0.453 e. The molecule has 0 fully saturated rings. The fourth-order valence-electron chi connectivity index (χ4n) is 1.21. The van der Waals surface area contributed by atoms with E-state index in [1.165, 1.54) is 6.07 Å². The molecule has 0 unspecified atom stereocenters. The summed E-state index contributed by atoms with van der Waals surface area (Å²) in [6.07, 6.45) is 0. The number of fused-ring (bicyclic) bond motifs is 1. The van der Waals surface area contributed by atoms with Crippen molar-refractivity contribution in [2.75, 3.05) is 12.5 Å². The maximum atomic E-state index is 10.9. The molecule has 68 valence electrons. The summed E-state index contributed by atoms with van der Waals surface area (Å²) in [5.74, 6) is 0.268. The van der Waals surface area contributed by atoms with Crippen LogP contribution in [0.3, 0.4) is 0 Å². The first-order chi connectivity index (χ1) is 6.18. The summed E-state index contributed by atoms with van der Waals surface area (Å²) in [6.45, 7) is 0.0963. The summed E-state index contributed by atoms with van der Waals surface area (Å²) in [6, 6.07) is 3.06. The standard InChI is InChI=1S/C8H8N2O3/c9-4-1-5(8(10)11)7-6(2-4)12-3-13-7/h1-2H,3,9H2,(H2,10,11). The van der Waals surface area contributed by atoms with E-state index >= 15 is 0 Å². The van der Waals surface area contributed by atoms with Gasteiger partial charge in [-0.25, -0.2) is 0 Å². The van der Waals surface area contributed by atoms with Crippen molar-refractivity contribution in [2.45, 2.75) is 0 Å². The van der Waals surface area contributed by atoms with Crippen LogP contribution in [0, 0.1) is 0 Å². The van der Waals surface area contributed by atoms with Crippen molar-refractivity contribution >= 4 is 11.6 Å². The number of anilines is 1. The Kier molecular flexibility index (Phi) is 1.51. The van der Waals surface area contributed by atoms with Gasteiger partial charge in [0.2, 0.25) is 6.79 Å². The van der Waals surface area contributed by atoms with Gasteiger partial charge in [-0.15, -0.1) is 0 Å². The monoisotopic (exact) mass is 180 g/mol. The molecule has 0 saturated heterocycles. The molecule has 1 aromatic rings. The Labute approximate surface area is 74.2 Å². The number of rotatable bonds is 1. The molecule has 1 aliphatic rings. The number of carbonyl (C=O) groups excluding carboxylic acids is 1. The molecule has 0 radical (unpaired) electrons. The molecule has 5 heteroatoms. The van der Waals surface area contributed by atoms with Crippen molar-refractivity contribution in [1.82, 2.24) is 0 Å². The number of carbonyl (C=O) groups is 1. The molecule has 0 atom stereocenters. The van der Waals surface area contributed by atoms with Crippen LogP contribution >= 0.6 is 0 Å². The minimum atomic E-state index is -0.575. The third-order valence-electron chi connectivity index (χ3n) is 1.76. The third kappa shape index (κ3) is 1.14. The lowest BCUT2D eigenvalue weighted by Crippen LogP contribution is -2.12. The average molecular weight is 180 g/mol. The number of hydrogen-bond donors (Lipinski definition) is 2. The fraction of sp³-hybridized carbons (Fsp3) is 0.125. The van der Waals surface area contributed by atoms with E-state index in [2.05, 4.69) is 0 Å². The van der Waals surface area contributed by atoms with Gasteiger partial charge in [0.25, 0.3) is 5.91 Å². The molecule has 13 heavy (non-hydrogen) atoms. The lowest BCUT2D eigenvalue weighted by Gasteiger charge is -2.02. The van der Waals surface area contributed by atoms with E-state index in [0.29, 0.717) is 17.2 Å². The first kappa shape index (κ1) is 7.72. The highest BCUT2D eigenvalue weighted by molar-refractivity contribution is 5.97. The van der Waals surface area contributed by atoms with Gasteiger partial charge in [-0.05, 0) is 6.07 Å². The Hall–Kier alpha value is -1.91. The lowest BCUT2D eigenvalue weighted by atomic mass is 10.1. The Morgan fingerprint density at radius 2 is 2.15 bits per heavy atom. The topological polar surface area (TPSA) is 87.6 Å². The number of benzene rings is 1. The maximum Gasteiger partial charge on any atom is 0.252 e. The zero-order valence-corrected chi connectivity index (χ0v) is 6.74. The second-order valence-corrected chi connectivity index (χ2v) is 2.67. The van der Waals surface area contributed by atoms with Crippen LogP contribution in [-0.4, -0.2) is 12.7 Å². The Morgan fingerprint density at radius 3 is 2.85 bits per heavy atom. The van der Waals surface area contributed by atoms with Gasteiger partial charge in [-0.3, -0.25) is 4.79 Å². The van der Waals surface area contributed by atoms with Gasteiger partial charge in [0.15, 0.2) is 11.5 Å². The Balaban J connectivity index is 2.62. The largest absolute Gasteiger partial charge is 0.453 e. The van der Waals surface area contributed by atoms with Crippen molar-refractivity contribution < 1.29 is 14.3 Å². The Morgan fingerprint density at radius 1 is 1.38 bits per heavy atom. The van der Waals surface area contributed by atoms with Crippen molar-refractivity contribution in [2.24, 2.45) is 5.73 Å². The molecule has 0 aromatic heterocycles. The highest BCUT2D eigenvalue weighted by Gasteiger charge is 2.21. The highest BCUT2D eigenvalue weighted by atomic mass is 16.7. The fourth-order valence-corrected chi connectivity index (χ4v) is 1.21. The normalized spacial score (nSPS) is 12.9. The molecule has 0 saturated carbocycles. The smallest absolute Gasteiger partial charge is 0.252 e. The van der Waals surface area contributed by atoms with Gasteiger partial charge in [0, 0.05) is 11.8 Å². The van der Waals surface area contributed by atoms with E-state index in [9.17, 15) is 4.79 Å². The molecule has 1 amide bonds. The van der Waals surface area contributed by atoms with Crippen LogP contribution in [0.5, 0.6) is 11.5 Å². The number of hydrogen-bond acceptors (Lipinski definition) is 4. The zero-order chi connectivity index (χ0) is 9.42. The van der Waals surface area contributed by atoms with E-state index < -0.39 is 5.91 Å². The number of amides is 1. The number of nitrogen functional groups attached to an aromatic ring is 1. The van der Waals surface area contributed by atoms with Crippen LogP contribution < -0.4 is 20.9 Å². The van der Waals surface area contributed by atoms with E-state index in [1.54, 1.807) is 6.07 Å². The third-order valence-corrected chi connectivity index (χ3v) is 1.76. The average Bonchev–Trinajstić information content (AvgIpc) is 2.49. The molecule has 0 bridgehead atoms. The quantitative estimate of drug-likeness (QED) is 0.600. The molecular formula is C8H8N2O3. The number of primary amides is 1. The van der Waals surface area contributed by atoms with Gasteiger partial charge < -0.3 is 20.9 Å². The molecule has 0 spiro atoms. The molecule has 2 rings (SSSR count). The van der Waals surface area contributed by atoms with E-state index in [0.717, 1.165) is 0 Å². The summed E-state index contributed by atoms with van der Waals surface area (Å²) in [7, 11) is 0.